The summed E-state index contributed by atoms with van der Waals surface area (Å²) in [4.78, 5) is 0. The van der Waals surface area contributed by atoms with Gasteiger partial charge in [0, 0.05) is 0 Å². The van der Waals surface area contributed by atoms with Gasteiger partial charge in [-0.3, -0.25) is 0 Å². The van der Waals surface area contributed by atoms with Crippen molar-refractivity contribution in [2.24, 2.45) is 16.7 Å². The molecule has 16 heavy (non-hydrogen) atoms. The van der Waals surface area contributed by atoms with Gasteiger partial charge in [-0.1, -0.05) is 40.2 Å². The zero-order valence-corrected chi connectivity index (χ0v) is 11.3. The fourth-order valence-corrected chi connectivity index (χ4v) is 3.85. The molecule has 0 bridgehead atoms. The second-order valence-electron chi connectivity index (χ2n) is 7.36. The Morgan fingerprint density at radius 2 is 1.69 bits per heavy atom. The van der Waals surface area contributed by atoms with E-state index in [0.29, 0.717) is 23.0 Å². The summed E-state index contributed by atoms with van der Waals surface area (Å²) in [6, 6.07) is 0. The van der Waals surface area contributed by atoms with Crippen molar-refractivity contribution < 1.29 is 4.74 Å². The van der Waals surface area contributed by atoms with Crippen molar-refractivity contribution >= 4 is 0 Å². The van der Waals surface area contributed by atoms with E-state index in [1.165, 1.54) is 19.3 Å². The summed E-state index contributed by atoms with van der Waals surface area (Å²) in [5.74, 6) is 0.733. The van der Waals surface area contributed by atoms with E-state index in [1.807, 2.05) is 0 Å². The van der Waals surface area contributed by atoms with Crippen molar-refractivity contribution in [3.05, 3.63) is 11.1 Å². The molecule has 0 aromatic heterocycles. The molecule has 1 nitrogen and oxygen atoms in total. The molecule has 3 unspecified atom stereocenters. The van der Waals surface area contributed by atoms with Crippen LogP contribution in [0.25, 0.3) is 0 Å². The number of epoxide rings is 1. The fraction of sp³-hybridized carbons (Fsp3) is 0.867. The molecule has 3 atom stereocenters. The van der Waals surface area contributed by atoms with E-state index in [1.54, 1.807) is 11.1 Å². The molecular formula is C15H24O. The Morgan fingerprint density at radius 3 is 2.38 bits per heavy atom. The highest BCUT2D eigenvalue weighted by atomic mass is 16.6. The number of rotatable bonds is 0. The van der Waals surface area contributed by atoms with Gasteiger partial charge in [-0.2, -0.15) is 0 Å². The lowest BCUT2D eigenvalue weighted by atomic mass is 9.58. The Hall–Kier alpha value is -0.300. The van der Waals surface area contributed by atoms with Crippen LogP contribution in [0.15, 0.2) is 11.1 Å². The first-order valence-corrected chi connectivity index (χ1v) is 6.72. The molecule has 1 heteroatoms. The molecule has 3 aliphatic rings. The summed E-state index contributed by atoms with van der Waals surface area (Å²) in [6.45, 7) is 12.0. The van der Waals surface area contributed by atoms with E-state index in [2.05, 4.69) is 34.6 Å². The maximum Gasteiger partial charge on any atom is 0.106 e. The SMILES string of the molecule is CC1CC2=C(C3OC13)C(C)(C)CCC2(C)C. The topological polar surface area (TPSA) is 12.5 Å². The molecule has 0 spiro atoms. The van der Waals surface area contributed by atoms with Gasteiger partial charge < -0.3 is 4.74 Å². The summed E-state index contributed by atoms with van der Waals surface area (Å²) >= 11 is 0. The van der Waals surface area contributed by atoms with Gasteiger partial charge in [0.15, 0.2) is 0 Å². The highest BCUT2D eigenvalue weighted by Gasteiger charge is 2.56. The first-order chi connectivity index (χ1) is 7.33. The monoisotopic (exact) mass is 220 g/mol. The van der Waals surface area contributed by atoms with E-state index < -0.39 is 0 Å². The number of allylic oxidation sites excluding steroid dienone is 1. The van der Waals surface area contributed by atoms with Gasteiger partial charge in [0.2, 0.25) is 0 Å². The molecule has 0 saturated carbocycles. The Bertz CT molecular complexity index is 362. The number of hydrogen-bond donors (Lipinski definition) is 0. The number of hydrogen-bond acceptors (Lipinski definition) is 1. The summed E-state index contributed by atoms with van der Waals surface area (Å²) in [5.41, 5.74) is 4.20. The van der Waals surface area contributed by atoms with Crippen LogP contribution in [0, 0.1) is 16.7 Å². The Labute approximate surface area is 99.3 Å². The quantitative estimate of drug-likeness (QED) is 0.445. The molecule has 0 radical (unpaired) electrons. The van der Waals surface area contributed by atoms with Gasteiger partial charge in [0.05, 0.1) is 6.10 Å². The van der Waals surface area contributed by atoms with Gasteiger partial charge in [-0.05, 0) is 41.6 Å². The minimum Gasteiger partial charge on any atom is -0.365 e. The summed E-state index contributed by atoms with van der Waals surface area (Å²) in [5, 5.41) is 0. The standard InChI is InChI=1S/C15H24O/c1-9-8-10-11(13-12(9)16-13)15(4,5)7-6-14(10,2)3/h9,12-13H,6-8H2,1-5H3. The number of ether oxygens (including phenoxy) is 1. The predicted molar refractivity (Wildman–Crippen MR) is 66.3 cm³/mol. The zero-order valence-electron chi connectivity index (χ0n) is 11.3. The molecule has 0 N–H and O–H groups in total. The second kappa shape index (κ2) is 2.93. The van der Waals surface area contributed by atoms with Crippen molar-refractivity contribution in [3.63, 3.8) is 0 Å². The normalized spacial score (nSPS) is 43.7. The first kappa shape index (κ1) is 10.8. The largest absolute Gasteiger partial charge is 0.365 e. The van der Waals surface area contributed by atoms with E-state index >= 15 is 0 Å². The maximum absolute atomic E-state index is 5.93. The second-order valence-corrected chi connectivity index (χ2v) is 7.36. The van der Waals surface area contributed by atoms with Crippen molar-refractivity contribution in [1.29, 1.82) is 0 Å². The molecule has 0 aromatic rings. The molecule has 1 heterocycles. The third-order valence-electron chi connectivity index (χ3n) is 5.14. The molecule has 1 fully saturated rings. The summed E-state index contributed by atoms with van der Waals surface area (Å²) < 4.78 is 5.93. The number of fused-ring (bicyclic) bond motifs is 2. The highest BCUT2D eigenvalue weighted by Crippen LogP contribution is 2.59. The van der Waals surface area contributed by atoms with Gasteiger partial charge in [0.25, 0.3) is 0 Å². The first-order valence-electron chi connectivity index (χ1n) is 6.72. The average Bonchev–Trinajstić information content (AvgIpc) is 2.92. The van der Waals surface area contributed by atoms with Crippen LogP contribution in [0.3, 0.4) is 0 Å². The van der Waals surface area contributed by atoms with Gasteiger partial charge >= 0.3 is 0 Å². The van der Waals surface area contributed by atoms with Gasteiger partial charge in [-0.25, -0.2) is 0 Å². The molecule has 3 rings (SSSR count). The smallest absolute Gasteiger partial charge is 0.106 e. The lowest BCUT2D eigenvalue weighted by molar-refractivity contribution is 0.232. The van der Waals surface area contributed by atoms with Crippen LogP contribution in [0.5, 0.6) is 0 Å². The Morgan fingerprint density at radius 1 is 1.06 bits per heavy atom. The van der Waals surface area contributed by atoms with Crippen molar-refractivity contribution in [1.82, 2.24) is 0 Å². The van der Waals surface area contributed by atoms with Crippen LogP contribution >= 0.6 is 0 Å². The Balaban J connectivity index is 2.11. The van der Waals surface area contributed by atoms with Crippen LogP contribution in [-0.2, 0) is 4.74 Å². The molecule has 2 aliphatic carbocycles. The van der Waals surface area contributed by atoms with Crippen LogP contribution in [0.4, 0.5) is 0 Å². The lowest BCUT2D eigenvalue weighted by Crippen LogP contribution is -2.37. The molecule has 0 aromatic carbocycles. The zero-order chi connectivity index (χ0) is 11.7. The van der Waals surface area contributed by atoms with Crippen LogP contribution in [0.2, 0.25) is 0 Å². The minimum atomic E-state index is 0.379. The Kier molecular flexibility index (Phi) is 1.98. The molecule has 90 valence electrons. The third-order valence-corrected chi connectivity index (χ3v) is 5.14. The van der Waals surface area contributed by atoms with Crippen LogP contribution in [0.1, 0.15) is 53.9 Å². The summed E-state index contributed by atoms with van der Waals surface area (Å²) in [7, 11) is 0. The van der Waals surface area contributed by atoms with Crippen LogP contribution < -0.4 is 0 Å². The van der Waals surface area contributed by atoms with E-state index in [4.69, 9.17) is 4.74 Å². The molecule has 1 saturated heterocycles. The van der Waals surface area contributed by atoms with E-state index in [-0.39, 0.29) is 0 Å². The summed E-state index contributed by atoms with van der Waals surface area (Å²) in [6.07, 6.45) is 4.95. The van der Waals surface area contributed by atoms with Crippen LogP contribution in [-0.4, -0.2) is 12.2 Å². The highest BCUT2D eigenvalue weighted by molar-refractivity contribution is 5.39. The average molecular weight is 220 g/mol. The van der Waals surface area contributed by atoms with Crippen molar-refractivity contribution in [3.8, 4) is 0 Å². The van der Waals surface area contributed by atoms with Crippen molar-refractivity contribution in [2.75, 3.05) is 0 Å². The maximum atomic E-state index is 5.93. The third kappa shape index (κ3) is 1.33. The van der Waals surface area contributed by atoms with Gasteiger partial charge in [-0.15, -0.1) is 0 Å². The molecule has 0 amide bonds. The lowest BCUT2D eigenvalue weighted by Gasteiger charge is -2.46. The predicted octanol–water partition coefficient (Wildman–Crippen LogP) is 3.94. The fourth-order valence-electron chi connectivity index (χ4n) is 3.85. The van der Waals surface area contributed by atoms with E-state index in [9.17, 15) is 0 Å². The van der Waals surface area contributed by atoms with Gasteiger partial charge in [0.1, 0.15) is 6.10 Å². The van der Waals surface area contributed by atoms with E-state index in [0.717, 1.165) is 5.92 Å². The van der Waals surface area contributed by atoms with Crippen molar-refractivity contribution in [2.45, 2.75) is 66.1 Å². The molecule has 1 aliphatic heterocycles. The minimum absolute atomic E-state index is 0.379. The molecular weight excluding hydrogens is 196 g/mol.